The van der Waals surface area contributed by atoms with Gasteiger partial charge in [-0.05, 0) is 45.2 Å². The van der Waals surface area contributed by atoms with Crippen LogP contribution in [0.1, 0.15) is 55.3 Å². The lowest BCUT2D eigenvalue weighted by Crippen LogP contribution is -2.38. The Labute approximate surface area is 142 Å². The van der Waals surface area contributed by atoms with Gasteiger partial charge in [-0.15, -0.1) is 10.2 Å². The summed E-state index contributed by atoms with van der Waals surface area (Å²) in [5.41, 5.74) is 0.617. The molecule has 7 nitrogen and oxygen atoms in total. The average Bonchev–Trinajstić information content (AvgIpc) is 3.01. The highest BCUT2D eigenvalue weighted by molar-refractivity contribution is 5.95. The molecular formula is C17H24N6O. The molecule has 24 heavy (non-hydrogen) atoms. The lowest BCUT2D eigenvalue weighted by molar-refractivity contribution is 0.0937. The van der Waals surface area contributed by atoms with Gasteiger partial charge < -0.3 is 14.8 Å². The van der Waals surface area contributed by atoms with E-state index < -0.39 is 0 Å². The summed E-state index contributed by atoms with van der Waals surface area (Å²) in [7, 11) is 1.86. The van der Waals surface area contributed by atoms with Crippen molar-refractivity contribution in [1.29, 1.82) is 0 Å². The molecule has 2 atom stereocenters. The minimum absolute atomic E-state index is 0.126. The molecule has 3 rings (SSSR count). The van der Waals surface area contributed by atoms with Crippen molar-refractivity contribution in [3.63, 3.8) is 0 Å². The summed E-state index contributed by atoms with van der Waals surface area (Å²) in [6.07, 6.45) is 6.93. The second-order valence-electron chi connectivity index (χ2n) is 6.44. The number of piperidine rings is 1. The number of carbonyl (C=O) groups excluding carboxylic acids is 1. The number of amides is 1. The lowest BCUT2D eigenvalue weighted by atomic mass is 10.0. The first-order valence-corrected chi connectivity index (χ1v) is 8.43. The van der Waals surface area contributed by atoms with E-state index >= 15 is 0 Å². The van der Waals surface area contributed by atoms with Gasteiger partial charge in [0.15, 0.2) is 5.82 Å². The molecule has 2 aromatic rings. The van der Waals surface area contributed by atoms with Gasteiger partial charge in [-0.25, -0.2) is 4.98 Å². The SMILES string of the molecule is C[C@@H](NC(=O)c1ccnc(N2CCCC[C@@H]2C)c1)c1nncn1C. The van der Waals surface area contributed by atoms with Gasteiger partial charge in [-0.3, -0.25) is 4.79 Å². The number of aromatic nitrogens is 4. The van der Waals surface area contributed by atoms with Crippen LogP contribution in [0.15, 0.2) is 24.7 Å². The first-order chi connectivity index (χ1) is 11.6. The highest BCUT2D eigenvalue weighted by atomic mass is 16.1. The van der Waals surface area contributed by atoms with E-state index in [0.29, 0.717) is 11.6 Å². The predicted molar refractivity (Wildman–Crippen MR) is 91.8 cm³/mol. The van der Waals surface area contributed by atoms with Crippen LogP contribution in [0.3, 0.4) is 0 Å². The Kier molecular flexibility index (Phi) is 4.78. The summed E-state index contributed by atoms with van der Waals surface area (Å²) in [5.74, 6) is 1.47. The van der Waals surface area contributed by atoms with Crippen LogP contribution in [0, 0.1) is 0 Å². The molecule has 1 saturated heterocycles. The molecule has 1 fully saturated rings. The summed E-state index contributed by atoms with van der Waals surface area (Å²) < 4.78 is 1.80. The van der Waals surface area contributed by atoms with Crippen LogP contribution in [0.25, 0.3) is 0 Å². The van der Waals surface area contributed by atoms with Crippen LogP contribution in [-0.2, 0) is 7.05 Å². The summed E-state index contributed by atoms with van der Waals surface area (Å²) in [6.45, 7) is 5.11. The fourth-order valence-corrected chi connectivity index (χ4v) is 3.18. The van der Waals surface area contributed by atoms with E-state index in [9.17, 15) is 4.79 Å². The number of carbonyl (C=O) groups is 1. The molecule has 1 aliphatic heterocycles. The summed E-state index contributed by atoms with van der Waals surface area (Å²) >= 11 is 0. The van der Waals surface area contributed by atoms with Crippen molar-refractivity contribution in [3.8, 4) is 0 Å². The van der Waals surface area contributed by atoms with Crippen LogP contribution in [0.2, 0.25) is 0 Å². The largest absolute Gasteiger partial charge is 0.354 e. The third-order valence-corrected chi connectivity index (χ3v) is 4.59. The second kappa shape index (κ2) is 6.98. The zero-order chi connectivity index (χ0) is 17.1. The Morgan fingerprint density at radius 2 is 2.25 bits per heavy atom. The Morgan fingerprint density at radius 3 is 2.96 bits per heavy atom. The van der Waals surface area contributed by atoms with E-state index in [1.165, 1.54) is 19.3 Å². The van der Waals surface area contributed by atoms with E-state index in [-0.39, 0.29) is 11.9 Å². The van der Waals surface area contributed by atoms with E-state index in [1.807, 2.05) is 20.0 Å². The normalized spacial score (nSPS) is 19.1. The maximum absolute atomic E-state index is 12.6. The van der Waals surface area contributed by atoms with Gasteiger partial charge in [-0.2, -0.15) is 0 Å². The molecule has 3 heterocycles. The molecule has 1 amide bonds. The van der Waals surface area contributed by atoms with Crippen molar-refractivity contribution in [2.24, 2.45) is 7.05 Å². The summed E-state index contributed by atoms with van der Waals surface area (Å²) in [6, 6.07) is 3.87. The Hall–Kier alpha value is -2.44. The number of anilines is 1. The molecule has 0 aliphatic carbocycles. The molecule has 2 aromatic heterocycles. The second-order valence-corrected chi connectivity index (χ2v) is 6.44. The quantitative estimate of drug-likeness (QED) is 0.930. The van der Waals surface area contributed by atoms with E-state index in [0.717, 1.165) is 18.2 Å². The molecule has 0 unspecified atom stereocenters. The van der Waals surface area contributed by atoms with Gasteiger partial charge in [0.05, 0.1) is 6.04 Å². The van der Waals surface area contributed by atoms with Crippen LogP contribution in [0.5, 0.6) is 0 Å². The highest BCUT2D eigenvalue weighted by Crippen LogP contribution is 2.23. The van der Waals surface area contributed by atoms with Crippen molar-refractivity contribution in [2.75, 3.05) is 11.4 Å². The third kappa shape index (κ3) is 3.39. The number of hydrogen-bond donors (Lipinski definition) is 1. The molecule has 0 saturated carbocycles. The highest BCUT2D eigenvalue weighted by Gasteiger charge is 2.21. The van der Waals surface area contributed by atoms with Gasteiger partial charge >= 0.3 is 0 Å². The molecule has 128 valence electrons. The Bertz CT molecular complexity index is 713. The number of aryl methyl sites for hydroxylation is 1. The molecule has 0 radical (unpaired) electrons. The molecule has 0 bridgehead atoms. The van der Waals surface area contributed by atoms with Crippen molar-refractivity contribution in [2.45, 2.75) is 45.2 Å². The minimum atomic E-state index is -0.212. The first kappa shape index (κ1) is 16.4. The standard InChI is InChI=1S/C17H24N6O/c1-12-6-4-5-9-23(12)15-10-14(7-8-18-15)17(24)20-13(2)16-21-19-11-22(16)3/h7-8,10-13H,4-6,9H2,1-3H3,(H,20,24)/t12-,13+/m0/s1. The zero-order valence-electron chi connectivity index (χ0n) is 14.4. The van der Waals surface area contributed by atoms with Gasteiger partial charge in [-0.1, -0.05) is 0 Å². The number of nitrogens with one attached hydrogen (secondary N) is 1. The third-order valence-electron chi connectivity index (χ3n) is 4.59. The van der Waals surface area contributed by atoms with Crippen molar-refractivity contribution in [3.05, 3.63) is 36.0 Å². The molecule has 1 N–H and O–H groups in total. The molecule has 0 spiro atoms. The number of hydrogen-bond acceptors (Lipinski definition) is 5. The van der Waals surface area contributed by atoms with Crippen LogP contribution in [0.4, 0.5) is 5.82 Å². The maximum Gasteiger partial charge on any atom is 0.252 e. The van der Waals surface area contributed by atoms with Crippen molar-refractivity contribution < 1.29 is 4.79 Å². The van der Waals surface area contributed by atoms with Crippen LogP contribution in [-0.4, -0.2) is 38.2 Å². The smallest absolute Gasteiger partial charge is 0.252 e. The number of rotatable bonds is 4. The van der Waals surface area contributed by atoms with Gasteiger partial charge in [0, 0.05) is 31.4 Å². The Balaban J connectivity index is 1.73. The fourth-order valence-electron chi connectivity index (χ4n) is 3.18. The number of nitrogens with zero attached hydrogens (tertiary/aromatic N) is 5. The van der Waals surface area contributed by atoms with Crippen LogP contribution < -0.4 is 10.2 Å². The van der Waals surface area contributed by atoms with E-state index in [4.69, 9.17) is 0 Å². The van der Waals surface area contributed by atoms with Crippen molar-refractivity contribution >= 4 is 11.7 Å². The minimum Gasteiger partial charge on any atom is -0.354 e. The van der Waals surface area contributed by atoms with E-state index in [1.54, 1.807) is 23.2 Å². The topological polar surface area (TPSA) is 75.9 Å². The van der Waals surface area contributed by atoms with Gasteiger partial charge in [0.2, 0.25) is 0 Å². The summed E-state index contributed by atoms with van der Waals surface area (Å²) in [4.78, 5) is 19.3. The van der Waals surface area contributed by atoms with Gasteiger partial charge in [0.25, 0.3) is 5.91 Å². The van der Waals surface area contributed by atoms with Gasteiger partial charge in [0.1, 0.15) is 12.1 Å². The number of pyridine rings is 1. The maximum atomic E-state index is 12.6. The van der Waals surface area contributed by atoms with Crippen molar-refractivity contribution in [1.82, 2.24) is 25.1 Å². The monoisotopic (exact) mass is 328 g/mol. The average molecular weight is 328 g/mol. The Morgan fingerprint density at radius 1 is 1.42 bits per heavy atom. The lowest BCUT2D eigenvalue weighted by Gasteiger charge is -2.34. The molecule has 7 heteroatoms. The zero-order valence-corrected chi connectivity index (χ0v) is 14.4. The predicted octanol–water partition coefficient (Wildman–Crippen LogP) is 2.08. The molecule has 0 aromatic carbocycles. The summed E-state index contributed by atoms with van der Waals surface area (Å²) in [5, 5.41) is 10.9. The van der Waals surface area contributed by atoms with Crippen LogP contribution >= 0.6 is 0 Å². The van der Waals surface area contributed by atoms with E-state index in [2.05, 4.69) is 32.3 Å². The first-order valence-electron chi connectivity index (χ1n) is 8.43. The fraction of sp³-hybridized carbons (Fsp3) is 0.529. The molecular weight excluding hydrogens is 304 g/mol. The molecule has 1 aliphatic rings.